The first-order valence-corrected chi connectivity index (χ1v) is 8.38. The van der Waals surface area contributed by atoms with Crippen LogP contribution in [0.3, 0.4) is 0 Å². The fraction of sp³-hybridized carbons (Fsp3) is 0.267. The molecule has 0 radical (unpaired) electrons. The summed E-state index contributed by atoms with van der Waals surface area (Å²) in [6.45, 7) is 3.80. The molecular formula is C15H17N7OS. The van der Waals surface area contributed by atoms with Crippen LogP contribution < -0.4 is 10.6 Å². The Morgan fingerprint density at radius 2 is 2.12 bits per heavy atom. The predicted molar refractivity (Wildman–Crippen MR) is 92.3 cm³/mol. The molecule has 0 aliphatic carbocycles. The third kappa shape index (κ3) is 3.57. The molecule has 124 valence electrons. The highest BCUT2D eigenvalue weighted by atomic mass is 32.1. The summed E-state index contributed by atoms with van der Waals surface area (Å²) in [7, 11) is 0. The number of hydrogen-bond acceptors (Lipinski definition) is 7. The van der Waals surface area contributed by atoms with E-state index in [4.69, 9.17) is 0 Å². The van der Waals surface area contributed by atoms with Gasteiger partial charge in [-0.1, -0.05) is 30.2 Å². The van der Waals surface area contributed by atoms with Crippen molar-refractivity contribution in [3.8, 4) is 5.69 Å². The first kappa shape index (κ1) is 16.1. The highest BCUT2D eigenvalue weighted by Gasteiger charge is 2.20. The van der Waals surface area contributed by atoms with Crippen LogP contribution in [0.5, 0.6) is 0 Å². The number of thiazole rings is 1. The molecule has 1 amide bonds. The third-order valence-electron chi connectivity index (χ3n) is 3.35. The maximum Gasteiger partial charge on any atom is 0.248 e. The third-order valence-corrected chi connectivity index (χ3v) is 4.22. The maximum atomic E-state index is 12.4. The molecule has 0 aliphatic rings. The maximum absolute atomic E-state index is 12.4. The molecule has 3 aromatic rings. The summed E-state index contributed by atoms with van der Waals surface area (Å²) in [5.74, 6) is 0.244. The molecular weight excluding hydrogens is 326 g/mol. The molecule has 0 bridgehead atoms. The lowest BCUT2D eigenvalue weighted by Gasteiger charge is -2.16. The lowest BCUT2D eigenvalue weighted by molar-refractivity contribution is -0.117. The molecule has 9 heteroatoms. The van der Waals surface area contributed by atoms with E-state index in [9.17, 15) is 4.79 Å². The number of para-hydroxylation sites is 1. The molecule has 2 N–H and O–H groups in total. The van der Waals surface area contributed by atoms with Gasteiger partial charge in [-0.15, -0.1) is 11.3 Å². The number of rotatable bonds is 6. The van der Waals surface area contributed by atoms with E-state index < -0.39 is 6.04 Å². The normalized spacial score (nSPS) is 11.9. The summed E-state index contributed by atoms with van der Waals surface area (Å²) in [5, 5.41) is 20.0. The fourth-order valence-corrected chi connectivity index (χ4v) is 2.82. The number of tetrazole rings is 1. The summed E-state index contributed by atoms with van der Waals surface area (Å²) < 4.78 is 1.56. The van der Waals surface area contributed by atoms with E-state index in [0.717, 1.165) is 11.4 Å². The molecule has 0 saturated heterocycles. The summed E-state index contributed by atoms with van der Waals surface area (Å²) in [6.07, 6.45) is 0.581. The average Bonchev–Trinajstić information content (AvgIpc) is 3.22. The van der Waals surface area contributed by atoms with Crippen molar-refractivity contribution in [3.05, 3.63) is 41.4 Å². The van der Waals surface area contributed by atoms with E-state index >= 15 is 0 Å². The van der Waals surface area contributed by atoms with Crippen LogP contribution in [0.25, 0.3) is 5.69 Å². The average molecular weight is 343 g/mol. The van der Waals surface area contributed by atoms with E-state index in [1.807, 2.05) is 49.6 Å². The Bertz CT molecular complexity index is 814. The van der Waals surface area contributed by atoms with Gasteiger partial charge < -0.3 is 10.6 Å². The Hall–Kier alpha value is -2.81. The van der Waals surface area contributed by atoms with Crippen molar-refractivity contribution in [1.82, 2.24) is 25.2 Å². The summed E-state index contributed by atoms with van der Waals surface area (Å²) in [4.78, 5) is 16.7. The minimum Gasteiger partial charge on any atom is -0.341 e. The second kappa shape index (κ2) is 7.18. The van der Waals surface area contributed by atoms with Crippen LogP contribution in [-0.2, 0) is 4.79 Å². The summed E-state index contributed by atoms with van der Waals surface area (Å²) >= 11 is 1.40. The van der Waals surface area contributed by atoms with Crippen molar-refractivity contribution in [2.45, 2.75) is 26.3 Å². The van der Waals surface area contributed by atoms with Crippen molar-refractivity contribution in [1.29, 1.82) is 0 Å². The van der Waals surface area contributed by atoms with Gasteiger partial charge in [0.15, 0.2) is 5.13 Å². The van der Waals surface area contributed by atoms with Gasteiger partial charge in [0.25, 0.3) is 0 Å². The van der Waals surface area contributed by atoms with Crippen molar-refractivity contribution >= 4 is 28.3 Å². The minimum atomic E-state index is -0.470. The van der Waals surface area contributed by atoms with Gasteiger partial charge in [0.05, 0.1) is 11.4 Å². The molecule has 0 fully saturated rings. The zero-order valence-electron chi connectivity index (χ0n) is 13.3. The van der Waals surface area contributed by atoms with Gasteiger partial charge in [-0.3, -0.25) is 4.79 Å². The number of nitrogens with zero attached hydrogens (tertiary/aromatic N) is 5. The zero-order valence-corrected chi connectivity index (χ0v) is 14.1. The second-order valence-electron chi connectivity index (χ2n) is 5.14. The molecule has 0 aliphatic heterocycles. The molecule has 1 aromatic carbocycles. The molecule has 3 rings (SSSR count). The van der Waals surface area contributed by atoms with Gasteiger partial charge >= 0.3 is 0 Å². The SMILES string of the molecule is CC[C@@H](Nc1nnnn1-c1ccccc1)C(=O)Nc1nc(C)cs1. The van der Waals surface area contributed by atoms with Gasteiger partial charge in [0.1, 0.15) is 6.04 Å². The van der Waals surface area contributed by atoms with Crippen LogP contribution in [-0.4, -0.2) is 37.1 Å². The zero-order chi connectivity index (χ0) is 16.9. The molecule has 0 unspecified atom stereocenters. The first-order valence-electron chi connectivity index (χ1n) is 7.50. The molecule has 8 nitrogen and oxygen atoms in total. The highest BCUT2D eigenvalue weighted by molar-refractivity contribution is 7.13. The monoisotopic (exact) mass is 343 g/mol. The number of aryl methyl sites for hydroxylation is 1. The highest BCUT2D eigenvalue weighted by Crippen LogP contribution is 2.16. The van der Waals surface area contributed by atoms with E-state index in [2.05, 4.69) is 31.1 Å². The van der Waals surface area contributed by atoms with Crippen LogP contribution in [0, 0.1) is 6.92 Å². The topological polar surface area (TPSA) is 97.6 Å². The summed E-state index contributed by atoms with van der Waals surface area (Å²) in [5.41, 5.74) is 1.69. The number of aromatic nitrogens is 5. The standard InChI is InChI=1S/C15H17N7OS/c1-3-12(13(23)18-15-16-10(2)9-24-15)17-14-19-20-21-22(14)11-7-5-4-6-8-11/h4-9,12H,3H2,1-2H3,(H,16,18,23)(H,17,19,21)/t12-/m1/s1. The van der Waals surface area contributed by atoms with E-state index in [0.29, 0.717) is 17.5 Å². The van der Waals surface area contributed by atoms with E-state index in [-0.39, 0.29) is 5.91 Å². The van der Waals surface area contributed by atoms with Crippen LogP contribution >= 0.6 is 11.3 Å². The van der Waals surface area contributed by atoms with Crippen LogP contribution in [0.1, 0.15) is 19.0 Å². The Balaban J connectivity index is 1.74. The predicted octanol–water partition coefficient (Wildman–Crippen LogP) is 2.26. The number of anilines is 2. The van der Waals surface area contributed by atoms with Crippen molar-refractivity contribution < 1.29 is 4.79 Å². The van der Waals surface area contributed by atoms with Gasteiger partial charge in [-0.25, -0.2) is 4.98 Å². The quantitative estimate of drug-likeness (QED) is 0.712. The van der Waals surface area contributed by atoms with Crippen LogP contribution in [0.4, 0.5) is 11.1 Å². The van der Waals surface area contributed by atoms with E-state index in [1.54, 1.807) is 4.68 Å². The Morgan fingerprint density at radius 3 is 2.79 bits per heavy atom. The minimum absolute atomic E-state index is 0.172. The first-order chi connectivity index (χ1) is 11.7. The molecule has 1 atom stereocenters. The molecule has 0 spiro atoms. The largest absolute Gasteiger partial charge is 0.341 e. The molecule has 0 saturated carbocycles. The molecule has 2 heterocycles. The molecule has 2 aromatic heterocycles. The van der Waals surface area contributed by atoms with Crippen LogP contribution in [0.15, 0.2) is 35.7 Å². The Labute approximate surface area is 142 Å². The second-order valence-corrected chi connectivity index (χ2v) is 6.00. The number of hydrogen-bond donors (Lipinski definition) is 2. The lowest BCUT2D eigenvalue weighted by Crippen LogP contribution is -2.35. The van der Waals surface area contributed by atoms with Gasteiger partial charge in [0.2, 0.25) is 11.9 Å². The Kier molecular flexibility index (Phi) is 4.80. The Morgan fingerprint density at radius 1 is 1.33 bits per heavy atom. The number of amides is 1. The van der Waals surface area contributed by atoms with Gasteiger partial charge in [0, 0.05) is 5.38 Å². The number of nitrogens with one attached hydrogen (secondary N) is 2. The number of carbonyl (C=O) groups is 1. The van der Waals surface area contributed by atoms with Crippen molar-refractivity contribution in [2.75, 3.05) is 10.6 Å². The number of benzene rings is 1. The fourth-order valence-electron chi connectivity index (χ4n) is 2.13. The number of carbonyl (C=O) groups excluding carboxylic acids is 1. The molecule has 24 heavy (non-hydrogen) atoms. The van der Waals surface area contributed by atoms with Crippen molar-refractivity contribution in [3.63, 3.8) is 0 Å². The van der Waals surface area contributed by atoms with E-state index in [1.165, 1.54) is 11.3 Å². The van der Waals surface area contributed by atoms with Crippen molar-refractivity contribution in [2.24, 2.45) is 0 Å². The smallest absolute Gasteiger partial charge is 0.248 e. The summed E-state index contributed by atoms with van der Waals surface area (Å²) in [6, 6.07) is 9.02. The van der Waals surface area contributed by atoms with Crippen LogP contribution in [0.2, 0.25) is 0 Å². The van der Waals surface area contributed by atoms with Gasteiger partial charge in [-0.2, -0.15) is 4.68 Å². The lowest BCUT2D eigenvalue weighted by atomic mass is 10.2. The van der Waals surface area contributed by atoms with Gasteiger partial charge in [-0.05, 0) is 35.9 Å².